The van der Waals surface area contributed by atoms with Crippen LogP contribution in [0.25, 0.3) is 5.57 Å². The molecule has 7 nitrogen and oxygen atoms in total. The van der Waals surface area contributed by atoms with Gasteiger partial charge in [-0.25, -0.2) is 0 Å². The number of aryl methyl sites for hydroxylation is 1. The number of aromatic nitrogens is 2. The average molecular weight is 400 g/mol. The van der Waals surface area contributed by atoms with Crippen LogP contribution in [0.5, 0.6) is 0 Å². The number of rotatable bonds is 7. The summed E-state index contributed by atoms with van der Waals surface area (Å²) in [6.45, 7) is 9.10. The topological polar surface area (TPSA) is 89.9 Å². The molecule has 0 fully saturated rings. The Labute approximate surface area is 177 Å². The zero-order valence-corrected chi connectivity index (χ0v) is 17.6. The number of hydrazone groups is 1. The van der Waals surface area contributed by atoms with Crippen molar-refractivity contribution in [3.63, 3.8) is 0 Å². The molecule has 3 rings (SSSR count). The number of benzene rings is 1. The first kappa shape index (κ1) is 21.1. The first-order valence-electron chi connectivity index (χ1n) is 9.88. The van der Waals surface area contributed by atoms with Gasteiger partial charge in [0, 0.05) is 43.1 Å². The van der Waals surface area contributed by atoms with Crippen LogP contribution in [-0.4, -0.2) is 46.9 Å². The van der Waals surface area contributed by atoms with Crippen molar-refractivity contribution < 1.29 is 0 Å². The van der Waals surface area contributed by atoms with E-state index in [0.717, 1.165) is 58.9 Å². The fourth-order valence-corrected chi connectivity index (χ4v) is 3.43. The molecule has 0 spiro atoms. The highest BCUT2D eigenvalue weighted by Crippen LogP contribution is 2.22. The number of nitriles is 1. The van der Waals surface area contributed by atoms with Gasteiger partial charge in [0.05, 0.1) is 35.3 Å². The quantitative estimate of drug-likeness (QED) is 0.663. The molecule has 1 aromatic heterocycles. The minimum Gasteiger partial charge on any atom is -0.292 e. The normalized spacial score (nSPS) is 14.5. The molecular formula is C23H25N7. The van der Waals surface area contributed by atoms with E-state index in [2.05, 4.69) is 33.0 Å². The number of hydrogen-bond donors (Lipinski definition) is 0. The highest BCUT2D eigenvalue weighted by Gasteiger charge is 2.20. The zero-order valence-electron chi connectivity index (χ0n) is 17.6. The van der Waals surface area contributed by atoms with Gasteiger partial charge in [-0.05, 0) is 43.8 Å². The van der Waals surface area contributed by atoms with Crippen molar-refractivity contribution in [1.82, 2.24) is 15.2 Å². The second kappa shape index (κ2) is 9.70. The fourth-order valence-electron chi connectivity index (χ4n) is 3.43. The molecule has 0 radical (unpaired) electrons. The van der Waals surface area contributed by atoms with Crippen molar-refractivity contribution in [2.45, 2.75) is 33.2 Å². The molecular weight excluding hydrogens is 374 g/mol. The molecule has 0 atom stereocenters. The van der Waals surface area contributed by atoms with E-state index in [1.54, 1.807) is 13.2 Å². The Bertz CT molecular complexity index is 1060. The van der Waals surface area contributed by atoms with E-state index in [0.29, 0.717) is 12.1 Å². The van der Waals surface area contributed by atoms with Gasteiger partial charge in [0.25, 0.3) is 0 Å². The second-order valence-electron chi connectivity index (χ2n) is 6.97. The van der Waals surface area contributed by atoms with E-state index >= 15 is 0 Å². The third-order valence-corrected chi connectivity index (χ3v) is 5.02. The molecule has 152 valence electrons. The standard InChI is InChI=1S/C23H25N7/c1-5-21(26-4)20(14-25-3)23-12-19(16(2)27-28-23)22-10-11-30(29-22)15-18-8-6-17(13-24)7-9-18/h6-9,12,14H,3,5,10-11,15H2,1-2,4H3/b20-14+,26-21-. The molecule has 30 heavy (non-hydrogen) atoms. The van der Waals surface area contributed by atoms with Crippen molar-refractivity contribution in [3.8, 4) is 6.07 Å². The summed E-state index contributed by atoms with van der Waals surface area (Å²) in [5.41, 5.74) is 7.07. The molecule has 2 aromatic rings. The summed E-state index contributed by atoms with van der Waals surface area (Å²) >= 11 is 0. The largest absolute Gasteiger partial charge is 0.292 e. The lowest BCUT2D eigenvalue weighted by Gasteiger charge is -2.13. The Morgan fingerprint density at radius 2 is 2.07 bits per heavy atom. The molecule has 1 aliphatic heterocycles. The Hall–Kier alpha value is -3.66. The van der Waals surface area contributed by atoms with Crippen molar-refractivity contribution in [2.75, 3.05) is 13.6 Å². The molecule has 0 amide bonds. The van der Waals surface area contributed by atoms with Crippen molar-refractivity contribution in [2.24, 2.45) is 15.1 Å². The number of aliphatic imine (C=N–C) groups is 2. The highest BCUT2D eigenvalue weighted by atomic mass is 15.5. The minimum absolute atomic E-state index is 0.662. The van der Waals surface area contributed by atoms with E-state index in [9.17, 15) is 0 Å². The first-order chi connectivity index (χ1) is 14.6. The van der Waals surface area contributed by atoms with E-state index in [1.807, 2.05) is 49.2 Å². The lowest BCUT2D eigenvalue weighted by Crippen LogP contribution is -2.13. The van der Waals surface area contributed by atoms with Crippen LogP contribution in [0.15, 0.2) is 51.6 Å². The van der Waals surface area contributed by atoms with Crippen LogP contribution in [0, 0.1) is 18.3 Å². The van der Waals surface area contributed by atoms with Crippen LogP contribution in [0.2, 0.25) is 0 Å². The molecule has 0 N–H and O–H groups in total. The van der Waals surface area contributed by atoms with Gasteiger partial charge in [0.1, 0.15) is 0 Å². The van der Waals surface area contributed by atoms with E-state index in [4.69, 9.17) is 10.4 Å². The number of hydrogen-bond acceptors (Lipinski definition) is 7. The summed E-state index contributed by atoms with van der Waals surface area (Å²) < 4.78 is 0. The Kier molecular flexibility index (Phi) is 6.81. The lowest BCUT2D eigenvalue weighted by molar-refractivity contribution is 0.310. The smallest absolute Gasteiger partial charge is 0.0991 e. The maximum atomic E-state index is 8.95. The zero-order chi connectivity index (χ0) is 21.5. The molecule has 1 aromatic carbocycles. The van der Waals surface area contributed by atoms with Gasteiger partial charge in [-0.15, -0.1) is 0 Å². The average Bonchev–Trinajstić information content (AvgIpc) is 3.23. The summed E-state index contributed by atoms with van der Waals surface area (Å²) in [6.07, 6.45) is 3.29. The molecule has 2 heterocycles. The Morgan fingerprint density at radius 1 is 1.30 bits per heavy atom. The Balaban J connectivity index is 1.87. The van der Waals surface area contributed by atoms with Gasteiger partial charge < -0.3 is 0 Å². The number of nitrogens with zero attached hydrogens (tertiary/aromatic N) is 7. The first-order valence-corrected chi connectivity index (χ1v) is 9.88. The highest BCUT2D eigenvalue weighted by molar-refractivity contribution is 6.23. The Morgan fingerprint density at radius 3 is 2.70 bits per heavy atom. The van der Waals surface area contributed by atoms with Gasteiger partial charge in [-0.2, -0.15) is 20.6 Å². The van der Waals surface area contributed by atoms with Crippen LogP contribution in [0.3, 0.4) is 0 Å². The monoisotopic (exact) mass is 399 g/mol. The van der Waals surface area contributed by atoms with Crippen LogP contribution in [0.1, 0.15) is 47.8 Å². The van der Waals surface area contributed by atoms with Crippen molar-refractivity contribution in [1.29, 1.82) is 5.26 Å². The van der Waals surface area contributed by atoms with E-state index < -0.39 is 0 Å². The summed E-state index contributed by atoms with van der Waals surface area (Å²) in [6, 6.07) is 11.8. The minimum atomic E-state index is 0.662. The van der Waals surface area contributed by atoms with Gasteiger partial charge >= 0.3 is 0 Å². The van der Waals surface area contributed by atoms with Crippen molar-refractivity contribution in [3.05, 3.63) is 64.6 Å². The molecule has 0 saturated heterocycles. The maximum absolute atomic E-state index is 8.95. The van der Waals surface area contributed by atoms with Crippen LogP contribution in [0.4, 0.5) is 0 Å². The van der Waals surface area contributed by atoms with Crippen LogP contribution >= 0.6 is 0 Å². The maximum Gasteiger partial charge on any atom is 0.0991 e. The molecule has 7 heteroatoms. The van der Waals surface area contributed by atoms with E-state index in [1.165, 1.54) is 0 Å². The molecule has 0 bridgehead atoms. The predicted molar refractivity (Wildman–Crippen MR) is 121 cm³/mol. The summed E-state index contributed by atoms with van der Waals surface area (Å²) in [4.78, 5) is 8.29. The molecule has 1 aliphatic rings. The molecule has 0 aliphatic carbocycles. The van der Waals surface area contributed by atoms with Gasteiger partial charge in [0.2, 0.25) is 0 Å². The summed E-state index contributed by atoms with van der Waals surface area (Å²) in [5.74, 6) is 0. The molecule has 0 unspecified atom stereocenters. The van der Waals surface area contributed by atoms with Crippen molar-refractivity contribution >= 4 is 23.7 Å². The van der Waals surface area contributed by atoms with Crippen LogP contribution in [-0.2, 0) is 6.54 Å². The van der Waals surface area contributed by atoms with E-state index in [-0.39, 0.29) is 0 Å². The lowest BCUT2D eigenvalue weighted by atomic mass is 10.0. The third kappa shape index (κ3) is 4.66. The van der Waals surface area contributed by atoms with Gasteiger partial charge in [-0.3, -0.25) is 15.0 Å². The van der Waals surface area contributed by atoms with Gasteiger partial charge in [-0.1, -0.05) is 19.1 Å². The second-order valence-corrected chi connectivity index (χ2v) is 6.97. The number of allylic oxidation sites excluding steroid dienone is 1. The molecule has 0 saturated carbocycles. The van der Waals surface area contributed by atoms with Gasteiger partial charge in [0.15, 0.2) is 0 Å². The predicted octanol–water partition coefficient (Wildman–Crippen LogP) is 3.79. The summed E-state index contributed by atoms with van der Waals surface area (Å²) in [5, 5.41) is 24.5. The van der Waals surface area contributed by atoms with Crippen LogP contribution < -0.4 is 0 Å². The summed E-state index contributed by atoms with van der Waals surface area (Å²) in [7, 11) is 1.76. The fraction of sp³-hybridized carbons (Fsp3) is 0.304. The SMILES string of the molecule is C=N/C=C(\C(CC)=N/C)c1cc(C2=NN(Cc3ccc(C#N)cc3)CC2)c(C)nn1. The third-order valence-electron chi connectivity index (χ3n) is 5.02.